The van der Waals surface area contributed by atoms with Crippen molar-refractivity contribution in [3.05, 3.63) is 41.5 Å². The van der Waals surface area contributed by atoms with Gasteiger partial charge in [0.05, 0.1) is 6.04 Å². The van der Waals surface area contributed by atoms with Gasteiger partial charge in [-0.05, 0) is 43.9 Å². The van der Waals surface area contributed by atoms with Gasteiger partial charge in [-0.2, -0.15) is 0 Å². The lowest BCUT2D eigenvalue weighted by Gasteiger charge is -2.55. The largest absolute Gasteiger partial charge is 0.308 e. The number of piperidine rings is 1. The number of carbonyl (C=O) groups is 2. The zero-order valence-electron chi connectivity index (χ0n) is 14.8. The van der Waals surface area contributed by atoms with Gasteiger partial charge in [0.25, 0.3) is 0 Å². The molecule has 2 bridgehead atoms. The molecule has 1 aromatic rings. The van der Waals surface area contributed by atoms with Crippen molar-refractivity contribution in [3.63, 3.8) is 0 Å². The third-order valence-corrected chi connectivity index (χ3v) is 7.35. The Balaban J connectivity index is 1.78. The van der Waals surface area contributed by atoms with Gasteiger partial charge in [-0.15, -0.1) is 0 Å². The van der Waals surface area contributed by atoms with Gasteiger partial charge in [0, 0.05) is 36.5 Å². The van der Waals surface area contributed by atoms with Crippen LogP contribution in [0.15, 0.2) is 35.9 Å². The molecule has 4 aliphatic rings. The van der Waals surface area contributed by atoms with Crippen LogP contribution >= 0.6 is 0 Å². The maximum absolute atomic E-state index is 12.6. The Morgan fingerprint density at radius 2 is 2.12 bits per heavy atom. The molecular formula is C21H24N2O2. The summed E-state index contributed by atoms with van der Waals surface area (Å²) in [4.78, 5) is 29.5. The number of anilines is 1. The summed E-state index contributed by atoms with van der Waals surface area (Å²) in [5.74, 6) is 0.219. The van der Waals surface area contributed by atoms with Crippen LogP contribution in [0, 0.1) is 11.8 Å². The van der Waals surface area contributed by atoms with Crippen molar-refractivity contribution in [1.82, 2.24) is 4.90 Å². The molecular weight excluding hydrogens is 312 g/mol. The van der Waals surface area contributed by atoms with Crippen LogP contribution in [0.1, 0.15) is 32.3 Å². The van der Waals surface area contributed by atoms with Crippen molar-refractivity contribution < 1.29 is 9.59 Å². The summed E-state index contributed by atoms with van der Waals surface area (Å²) in [6.45, 7) is 5.76. The van der Waals surface area contributed by atoms with Crippen LogP contribution < -0.4 is 4.90 Å². The first-order valence-electron chi connectivity index (χ1n) is 9.37. The molecule has 1 amide bonds. The molecule has 130 valence electrons. The molecule has 3 heterocycles. The summed E-state index contributed by atoms with van der Waals surface area (Å²) in [6.07, 6.45) is 5.42. The number of hydrogen-bond donors (Lipinski definition) is 0. The summed E-state index contributed by atoms with van der Waals surface area (Å²) < 4.78 is 0. The summed E-state index contributed by atoms with van der Waals surface area (Å²) in [7, 11) is 0. The Bertz CT molecular complexity index is 801. The molecule has 5 rings (SSSR count). The lowest BCUT2D eigenvalue weighted by Crippen LogP contribution is -2.65. The predicted molar refractivity (Wildman–Crippen MR) is 96.5 cm³/mol. The van der Waals surface area contributed by atoms with E-state index >= 15 is 0 Å². The molecule has 0 unspecified atom stereocenters. The van der Waals surface area contributed by atoms with E-state index in [1.165, 1.54) is 11.1 Å². The van der Waals surface area contributed by atoms with E-state index in [9.17, 15) is 9.59 Å². The molecule has 1 saturated carbocycles. The van der Waals surface area contributed by atoms with Crippen molar-refractivity contribution in [2.75, 3.05) is 18.0 Å². The van der Waals surface area contributed by atoms with E-state index in [-0.39, 0.29) is 29.2 Å². The average molecular weight is 336 g/mol. The van der Waals surface area contributed by atoms with E-state index in [0.717, 1.165) is 37.9 Å². The van der Waals surface area contributed by atoms with Crippen LogP contribution in [-0.2, 0) is 15.0 Å². The Kier molecular flexibility index (Phi) is 3.09. The second kappa shape index (κ2) is 5.04. The maximum Gasteiger partial charge on any atom is 0.224 e. The minimum Gasteiger partial charge on any atom is -0.308 e. The van der Waals surface area contributed by atoms with Gasteiger partial charge in [-0.1, -0.05) is 29.8 Å². The second-order valence-corrected chi connectivity index (χ2v) is 8.05. The highest BCUT2D eigenvalue weighted by molar-refractivity contribution is 5.97. The van der Waals surface area contributed by atoms with Gasteiger partial charge in [-0.25, -0.2) is 0 Å². The normalized spacial score (nSPS) is 40.1. The van der Waals surface area contributed by atoms with Gasteiger partial charge in [0.15, 0.2) is 0 Å². The van der Waals surface area contributed by atoms with Crippen LogP contribution in [0.25, 0.3) is 0 Å². The lowest BCUT2D eigenvalue weighted by molar-refractivity contribution is -0.120. The predicted octanol–water partition coefficient (Wildman–Crippen LogP) is 2.53. The Morgan fingerprint density at radius 1 is 1.32 bits per heavy atom. The minimum atomic E-state index is -0.112. The fourth-order valence-electron chi connectivity index (χ4n) is 6.53. The maximum atomic E-state index is 12.6. The molecule has 2 saturated heterocycles. The van der Waals surface area contributed by atoms with Gasteiger partial charge in [0.1, 0.15) is 6.29 Å². The van der Waals surface area contributed by atoms with E-state index in [1.54, 1.807) is 6.92 Å². The van der Waals surface area contributed by atoms with Gasteiger partial charge >= 0.3 is 0 Å². The smallest absolute Gasteiger partial charge is 0.224 e. The quantitative estimate of drug-likeness (QED) is 0.584. The number of para-hydroxylation sites is 1. The molecule has 0 aromatic heterocycles. The van der Waals surface area contributed by atoms with Crippen LogP contribution in [-0.4, -0.2) is 42.3 Å². The first-order valence-corrected chi connectivity index (χ1v) is 9.37. The van der Waals surface area contributed by atoms with Gasteiger partial charge < -0.3 is 9.69 Å². The number of aldehydes is 1. The molecule has 5 atom stereocenters. The Hall–Kier alpha value is -1.94. The summed E-state index contributed by atoms with van der Waals surface area (Å²) >= 11 is 0. The van der Waals surface area contributed by atoms with Crippen LogP contribution in [0.5, 0.6) is 0 Å². The number of nitrogens with zero attached hydrogens (tertiary/aromatic N) is 2. The number of fused-ring (bicyclic) bond motifs is 2. The van der Waals surface area contributed by atoms with E-state index in [2.05, 4.69) is 36.1 Å². The molecule has 3 fully saturated rings. The zero-order valence-corrected chi connectivity index (χ0v) is 14.8. The third kappa shape index (κ3) is 1.66. The highest BCUT2D eigenvalue weighted by Crippen LogP contribution is 2.62. The van der Waals surface area contributed by atoms with E-state index in [4.69, 9.17) is 0 Å². The highest BCUT2D eigenvalue weighted by atomic mass is 16.2. The van der Waals surface area contributed by atoms with Crippen LogP contribution in [0.4, 0.5) is 5.69 Å². The topological polar surface area (TPSA) is 40.6 Å². The van der Waals surface area contributed by atoms with Crippen molar-refractivity contribution in [1.29, 1.82) is 0 Å². The Morgan fingerprint density at radius 3 is 2.84 bits per heavy atom. The highest BCUT2D eigenvalue weighted by Gasteiger charge is 2.67. The summed E-state index contributed by atoms with van der Waals surface area (Å²) in [5.41, 5.74) is 3.62. The SMILES string of the molecule is C/C=C1/CN2CC[C@]34c5ccccc5N(C(C)=O)[C@H]3[C@@H](C=O)[C@H]1C[C@H]24. The molecule has 0 radical (unpaired) electrons. The molecule has 1 aliphatic carbocycles. The number of rotatable bonds is 1. The fraction of sp³-hybridized carbons (Fsp3) is 0.524. The van der Waals surface area contributed by atoms with Crippen molar-refractivity contribution >= 4 is 17.9 Å². The number of amides is 1. The number of allylic oxidation sites excluding steroid dienone is 1. The lowest BCUT2D eigenvalue weighted by atomic mass is 9.56. The monoisotopic (exact) mass is 336 g/mol. The zero-order chi connectivity index (χ0) is 17.3. The van der Waals surface area contributed by atoms with Crippen LogP contribution in [0.3, 0.4) is 0 Å². The molecule has 1 aromatic carbocycles. The van der Waals surface area contributed by atoms with E-state index in [1.807, 2.05) is 11.0 Å². The summed E-state index contributed by atoms with van der Waals surface area (Å²) in [6, 6.07) is 8.75. The molecule has 25 heavy (non-hydrogen) atoms. The molecule has 4 nitrogen and oxygen atoms in total. The molecule has 4 heteroatoms. The van der Waals surface area contributed by atoms with Crippen molar-refractivity contribution in [3.8, 4) is 0 Å². The third-order valence-electron chi connectivity index (χ3n) is 7.35. The van der Waals surface area contributed by atoms with Crippen LogP contribution in [0.2, 0.25) is 0 Å². The minimum absolute atomic E-state index is 0.0381. The van der Waals surface area contributed by atoms with E-state index in [0.29, 0.717) is 6.04 Å². The summed E-state index contributed by atoms with van der Waals surface area (Å²) in [5, 5.41) is 0. The Labute approximate surface area is 148 Å². The van der Waals surface area contributed by atoms with Gasteiger partial charge in [-0.3, -0.25) is 9.69 Å². The van der Waals surface area contributed by atoms with E-state index < -0.39 is 0 Å². The molecule has 0 N–H and O–H groups in total. The van der Waals surface area contributed by atoms with Crippen molar-refractivity contribution in [2.24, 2.45) is 11.8 Å². The van der Waals surface area contributed by atoms with Gasteiger partial charge in [0.2, 0.25) is 5.91 Å². The average Bonchev–Trinajstić information content (AvgIpc) is 3.15. The first-order chi connectivity index (χ1) is 12.1. The molecule has 1 spiro atoms. The second-order valence-electron chi connectivity index (χ2n) is 8.05. The number of hydrogen-bond acceptors (Lipinski definition) is 3. The first kappa shape index (κ1) is 15.3. The standard InChI is InChI=1S/C21H24N2O2/c1-3-14-11-22-9-8-21-17-6-4-5-7-18(17)23(13(2)25)20(21)16(12-24)15(14)10-19(21)22/h3-7,12,15-16,19-20H,8-11H2,1-2H3/b14-3-/t15-,16-,19-,20-,21+/m0/s1. The number of carbonyl (C=O) groups excluding carboxylic acids is 2. The number of benzene rings is 1. The molecule has 3 aliphatic heterocycles. The van der Waals surface area contributed by atoms with Crippen molar-refractivity contribution in [2.45, 2.75) is 44.2 Å². The fourth-order valence-corrected chi connectivity index (χ4v) is 6.53.